The molecule has 0 aliphatic heterocycles. The second kappa shape index (κ2) is 14.3. The van der Waals surface area contributed by atoms with Crippen LogP contribution in [0.2, 0.25) is 18.1 Å². The van der Waals surface area contributed by atoms with Crippen LogP contribution in [0.5, 0.6) is 11.5 Å². The molecule has 3 aromatic rings. The zero-order chi connectivity index (χ0) is 30.2. The molecule has 6 nitrogen and oxygen atoms in total. The van der Waals surface area contributed by atoms with Crippen LogP contribution in [0.1, 0.15) is 68.5 Å². The van der Waals surface area contributed by atoms with Gasteiger partial charge in [-0.15, -0.1) is 0 Å². The molecule has 0 aliphatic carbocycles. The molecule has 3 aromatic carbocycles. The van der Waals surface area contributed by atoms with Crippen LogP contribution in [-0.2, 0) is 28.9 Å². The summed E-state index contributed by atoms with van der Waals surface area (Å²) in [4.78, 5) is 11.3. The Hall–Kier alpha value is -2.97. The molecule has 2 N–H and O–H groups in total. The van der Waals surface area contributed by atoms with Crippen LogP contribution in [0.15, 0.2) is 66.7 Å². The number of aliphatic hydroxyl groups excluding tert-OH is 1. The lowest BCUT2D eigenvalue weighted by Crippen LogP contribution is -2.44. The van der Waals surface area contributed by atoms with Crippen LogP contribution in [-0.4, -0.2) is 32.0 Å². The molecule has 0 heterocycles. The monoisotopic (exact) mass is 577 g/mol. The number of nitrogens with one attached hydrogen (secondary N) is 1. The van der Waals surface area contributed by atoms with Gasteiger partial charge in [0.15, 0.2) is 8.32 Å². The minimum Gasteiger partial charge on any atom is -0.489 e. The molecule has 0 radical (unpaired) electrons. The molecule has 0 aliphatic rings. The highest BCUT2D eigenvalue weighted by atomic mass is 28.4. The van der Waals surface area contributed by atoms with E-state index < -0.39 is 8.32 Å². The molecule has 222 valence electrons. The number of carbonyl (C=O) groups excluding carboxylic acids is 1. The fraction of sp³-hybridized carbons (Fsp3) is 0.441. The van der Waals surface area contributed by atoms with E-state index in [4.69, 9.17) is 13.9 Å². The van der Waals surface area contributed by atoms with Gasteiger partial charge in [0.25, 0.3) is 0 Å². The molecular formula is C34H47NO5Si. The Labute approximate surface area is 247 Å². The number of benzene rings is 3. The second-order valence-corrected chi connectivity index (χ2v) is 17.1. The average Bonchev–Trinajstić information content (AvgIpc) is 2.91. The summed E-state index contributed by atoms with van der Waals surface area (Å²) in [6.45, 7) is 17.8. The van der Waals surface area contributed by atoms with Crippen molar-refractivity contribution >= 4 is 14.3 Å². The minimum absolute atomic E-state index is 0.0522. The molecule has 0 spiro atoms. The van der Waals surface area contributed by atoms with Crippen LogP contribution in [0, 0.1) is 6.92 Å². The SMILES string of the molecule is CC(=O)Oc1ccc(C[C@@H](C)NC[C@H](O[Si](C)(C)C(C)(C)C)c2ccc(OCc3ccccc3)c(CO)c2)cc1C. The van der Waals surface area contributed by atoms with Gasteiger partial charge in [-0.1, -0.05) is 69.3 Å². The number of hydrogen-bond donors (Lipinski definition) is 2. The first kappa shape index (κ1) is 32.5. The Morgan fingerprint density at radius 1 is 0.976 bits per heavy atom. The summed E-state index contributed by atoms with van der Waals surface area (Å²) < 4.78 is 18.3. The molecule has 0 unspecified atom stereocenters. The van der Waals surface area contributed by atoms with Crippen LogP contribution in [0.4, 0.5) is 0 Å². The van der Waals surface area contributed by atoms with Crippen molar-refractivity contribution in [3.05, 3.63) is 94.5 Å². The van der Waals surface area contributed by atoms with E-state index in [0.717, 1.165) is 28.7 Å². The smallest absolute Gasteiger partial charge is 0.308 e. The normalized spacial score (nSPS) is 13.5. The first-order valence-corrected chi connectivity index (χ1v) is 17.3. The molecule has 3 rings (SSSR count). The number of esters is 1. The topological polar surface area (TPSA) is 77.0 Å². The number of rotatable bonds is 13. The molecule has 0 bridgehead atoms. The van der Waals surface area contributed by atoms with Crippen LogP contribution < -0.4 is 14.8 Å². The largest absolute Gasteiger partial charge is 0.489 e. The summed E-state index contributed by atoms with van der Waals surface area (Å²) >= 11 is 0. The number of carbonyl (C=O) groups is 1. The zero-order valence-corrected chi connectivity index (χ0v) is 26.9. The summed E-state index contributed by atoms with van der Waals surface area (Å²) in [6, 6.07) is 22.2. The average molecular weight is 578 g/mol. The number of ether oxygens (including phenoxy) is 2. The van der Waals surface area contributed by atoms with E-state index in [-0.39, 0.29) is 29.8 Å². The molecule has 0 amide bonds. The lowest BCUT2D eigenvalue weighted by Gasteiger charge is -2.40. The molecule has 7 heteroatoms. The van der Waals surface area contributed by atoms with Gasteiger partial charge in [0.2, 0.25) is 0 Å². The maximum Gasteiger partial charge on any atom is 0.308 e. The first-order chi connectivity index (χ1) is 19.3. The van der Waals surface area contributed by atoms with Gasteiger partial charge in [0.05, 0.1) is 12.7 Å². The van der Waals surface area contributed by atoms with E-state index in [1.54, 1.807) is 0 Å². The van der Waals surface area contributed by atoms with Gasteiger partial charge >= 0.3 is 5.97 Å². The first-order valence-electron chi connectivity index (χ1n) is 14.4. The fourth-order valence-electron chi connectivity index (χ4n) is 4.40. The van der Waals surface area contributed by atoms with Crippen molar-refractivity contribution in [2.75, 3.05) is 6.54 Å². The Balaban J connectivity index is 1.76. The molecule has 0 aromatic heterocycles. The zero-order valence-electron chi connectivity index (χ0n) is 25.9. The standard InChI is InChI=1S/C34H47NO5Si/c1-24-18-28(14-16-31(24)39-26(3)37)19-25(2)35-21-33(40-41(7,8)34(4,5)6)29-15-17-32(30(20-29)22-36)38-23-27-12-10-9-11-13-27/h9-18,20,25,33,35-36H,19,21-23H2,1-8H3/t25-,33+/m1/s1. The van der Waals surface area contributed by atoms with E-state index in [9.17, 15) is 9.90 Å². The van der Waals surface area contributed by atoms with Crippen molar-refractivity contribution in [1.82, 2.24) is 5.32 Å². The fourth-order valence-corrected chi connectivity index (χ4v) is 5.69. The minimum atomic E-state index is -2.10. The summed E-state index contributed by atoms with van der Waals surface area (Å²) in [7, 11) is -2.10. The Kier molecular flexibility index (Phi) is 11.3. The second-order valence-electron chi connectivity index (χ2n) is 12.4. The number of aryl methyl sites for hydroxylation is 1. The number of aliphatic hydroxyl groups is 1. The molecule has 0 fully saturated rings. The van der Waals surface area contributed by atoms with Gasteiger partial charge in [-0.05, 0) is 78.9 Å². The van der Waals surface area contributed by atoms with Crippen LogP contribution >= 0.6 is 0 Å². The van der Waals surface area contributed by atoms with Crippen LogP contribution in [0.25, 0.3) is 0 Å². The Morgan fingerprint density at radius 3 is 2.27 bits per heavy atom. The highest BCUT2D eigenvalue weighted by Gasteiger charge is 2.39. The Morgan fingerprint density at radius 2 is 1.66 bits per heavy atom. The van der Waals surface area contributed by atoms with Gasteiger partial charge < -0.3 is 24.3 Å². The van der Waals surface area contributed by atoms with E-state index in [2.05, 4.69) is 58.2 Å². The van der Waals surface area contributed by atoms with Crippen LogP contribution in [0.3, 0.4) is 0 Å². The lowest BCUT2D eigenvalue weighted by atomic mass is 10.0. The lowest BCUT2D eigenvalue weighted by molar-refractivity contribution is -0.131. The third kappa shape index (κ3) is 9.53. The molecule has 2 atom stereocenters. The van der Waals surface area contributed by atoms with Crippen molar-refractivity contribution in [3.8, 4) is 11.5 Å². The third-order valence-corrected chi connectivity index (χ3v) is 12.3. The van der Waals surface area contributed by atoms with Crippen molar-refractivity contribution < 1.29 is 23.8 Å². The molecule has 0 saturated heterocycles. The van der Waals surface area contributed by atoms with E-state index in [1.807, 2.05) is 61.5 Å². The highest BCUT2D eigenvalue weighted by Crippen LogP contribution is 2.40. The van der Waals surface area contributed by atoms with Gasteiger partial charge in [0.1, 0.15) is 18.1 Å². The summed E-state index contributed by atoms with van der Waals surface area (Å²) in [5.74, 6) is 0.962. The van der Waals surface area contributed by atoms with Crippen molar-refractivity contribution in [2.24, 2.45) is 0 Å². The van der Waals surface area contributed by atoms with Gasteiger partial charge in [-0.25, -0.2) is 0 Å². The summed E-state index contributed by atoms with van der Waals surface area (Å²) in [5.41, 5.74) is 4.96. The molecule has 41 heavy (non-hydrogen) atoms. The van der Waals surface area contributed by atoms with Crippen molar-refractivity contribution in [3.63, 3.8) is 0 Å². The maximum absolute atomic E-state index is 11.3. The Bertz CT molecular complexity index is 1290. The van der Waals surface area contributed by atoms with Gasteiger partial charge in [-0.3, -0.25) is 4.79 Å². The molecule has 0 saturated carbocycles. The quantitative estimate of drug-likeness (QED) is 0.126. The van der Waals surface area contributed by atoms with Crippen molar-refractivity contribution in [1.29, 1.82) is 0 Å². The van der Waals surface area contributed by atoms with E-state index in [0.29, 0.717) is 24.7 Å². The third-order valence-electron chi connectivity index (χ3n) is 7.79. The number of hydrogen-bond acceptors (Lipinski definition) is 6. The maximum atomic E-state index is 11.3. The van der Waals surface area contributed by atoms with E-state index >= 15 is 0 Å². The summed E-state index contributed by atoms with van der Waals surface area (Å²) in [6.07, 6.45) is 0.641. The predicted octanol–water partition coefficient (Wildman–Crippen LogP) is 7.28. The van der Waals surface area contributed by atoms with Gasteiger partial charge in [-0.2, -0.15) is 0 Å². The van der Waals surface area contributed by atoms with Crippen molar-refractivity contribution in [2.45, 2.75) is 91.5 Å². The summed E-state index contributed by atoms with van der Waals surface area (Å²) in [5, 5.41) is 13.9. The van der Waals surface area contributed by atoms with E-state index in [1.165, 1.54) is 12.5 Å². The van der Waals surface area contributed by atoms with Gasteiger partial charge in [0, 0.05) is 25.1 Å². The predicted molar refractivity (Wildman–Crippen MR) is 168 cm³/mol. The highest BCUT2D eigenvalue weighted by molar-refractivity contribution is 6.74. The molecular weight excluding hydrogens is 530 g/mol.